The van der Waals surface area contributed by atoms with E-state index in [0.29, 0.717) is 10.9 Å². The number of rotatable bonds is 5. The predicted molar refractivity (Wildman–Crippen MR) is 121 cm³/mol. The standard InChI is InChI=1S/C24H24N2O3Si/c1-24(2,3)17-14-15-20-21(16-17)26(25-22(20)23(27)28)29-30(18-10-6-4-7-11-18)19-12-8-5-9-13-19/h4-16,30H,1-3H3,(H,27,28). The quantitative estimate of drug-likeness (QED) is 0.508. The number of aromatic carboxylic acids is 1. The first-order valence-electron chi connectivity index (χ1n) is 9.88. The molecule has 0 atom stereocenters. The fourth-order valence-corrected chi connectivity index (χ4v) is 5.60. The van der Waals surface area contributed by atoms with Gasteiger partial charge >= 0.3 is 15.0 Å². The van der Waals surface area contributed by atoms with Crippen LogP contribution < -0.4 is 14.9 Å². The Morgan fingerprint density at radius 2 is 1.50 bits per heavy atom. The molecule has 0 spiro atoms. The number of nitrogens with zero attached hydrogens (tertiary/aromatic N) is 2. The van der Waals surface area contributed by atoms with Crippen LogP contribution in [-0.4, -0.2) is 30.1 Å². The molecule has 0 saturated heterocycles. The molecule has 4 aromatic rings. The Labute approximate surface area is 177 Å². The van der Waals surface area contributed by atoms with Gasteiger partial charge in [-0.2, -0.15) is 0 Å². The minimum atomic E-state index is -2.15. The Bertz CT molecular complexity index is 1140. The fourth-order valence-electron chi connectivity index (χ4n) is 3.46. The summed E-state index contributed by atoms with van der Waals surface area (Å²) < 4.78 is 6.48. The first kappa shape index (κ1) is 19.9. The largest absolute Gasteiger partial charge is 0.476 e. The Balaban J connectivity index is 1.87. The summed E-state index contributed by atoms with van der Waals surface area (Å²) in [6.45, 7) is 6.37. The molecule has 0 aliphatic rings. The van der Waals surface area contributed by atoms with Crippen molar-refractivity contribution in [2.75, 3.05) is 0 Å². The van der Waals surface area contributed by atoms with Crippen LogP contribution in [0.4, 0.5) is 0 Å². The lowest BCUT2D eigenvalue weighted by Gasteiger charge is -2.20. The van der Waals surface area contributed by atoms with E-state index in [1.165, 1.54) is 4.85 Å². The summed E-state index contributed by atoms with van der Waals surface area (Å²) in [5.41, 5.74) is 1.68. The Hall–Kier alpha value is -3.38. The van der Waals surface area contributed by atoms with Gasteiger partial charge in [0, 0.05) is 5.39 Å². The van der Waals surface area contributed by atoms with Crippen molar-refractivity contribution in [3.05, 3.63) is 90.1 Å². The SMILES string of the molecule is CC(C)(C)c1ccc2c(C(=O)O)nn(O[SiH](c3ccccc3)c3ccccc3)c2c1. The molecule has 6 heteroatoms. The van der Waals surface area contributed by atoms with E-state index in [9.17, 15) is 9.90 Å². The van der Waals surface area contributed by atoms with Gasteiger partial charge in [-0.15, -0.1) is 9.94 Å². The zero-order valence-corrected chi connectivity index (χ0v) is 18.4. The van der Waals surface area contributed by atoms with Crippen molar-refractivity contribution < 1.29 is 14.4 Å². The number of aromatic nitrogens is 2. The highest BCUT2D eigenvalue weighted by molar-refractivity contribution is 6.80. The lowest BCUT2D eigenvalue weighted by Crippen LogP contribution is -2.51. The van der Waals surface area contributed by atoms with E-state index in [1.54, 1.807) is 0 Å². The zero-order valence-electron chi connectivity index (χ0n) is 17.2. The highest BCUT2D eigenvalue weighted by Crippen LogP contribution is 2.27. The van der Waals surface area contributed by atoms with Crippen LogP contribution in [0.1, 0.15) is 36.8 Å². The van der Waals surface area contributed by atoms with Crippen LogP contribution in [0.5, 0.6) is 0 Å². The van der Waals surface area contributed by atoms with E-state index in [2.05, 4.69) is 25.9 Å². The Morgan fingerprint density at radius 3 is 2.00 bits per heavy atom. The van der Waals surface area contributed by atoms with Crippen molar-refractivity contribution in [2.45, 2.75) is 26.2 Å². The molecular formula is C24H24N2O3Si. The number of hydrogen-bond donors (Lipinski definition) is 1. The van der Waals surface area contributed by atoms with Gasteiger partial charge < -0.3 is 9.63 Å². The van der Waals surface area contributed by atoms with Gasteiger partial charge in [0.25, 0.3) is 0 Å². The summed E-state index contributed by atoms with van der Waals surface area (Å²) in [7, 11) is -2.15. The van der Waals surface area contributed by atoms with E-state index >= 15 is 0 Å². The third-order valence-corrected chi connectivity index (χ3v) is 7.52. The van der Waals surface area contributed by atoms with Crippen LogP contribution in [0.25, 0.3) is 10.9 Å². The van der Waals surface area contributed by atoms with Gasteiger partial charge in [-0.25, -0.2) is 4.79 Å². The van der Waals surface area contributed by atoms with Gasteiger partial charge in [0.2, 0.25) is 0 Å². The molecule has 0 radical (unpaired) electrons. The normalized spacial score (nSPS) is 11.7. The second-order valence-corrected chi connectivity index (χ2v) is 10.6. The summed E-state index contributed by atoms with van der Waals surface area (Å²) in [5.74, 6) is -1.07. The molecule has 152 valence electrons. The van der Waals surface area contributed by atoms with Crippen LogP contribution in [0.3, 0.4) is 0 Å². The molecule has 0 aliphatic carbocycles. The Morgan fingerprint density at radius 1 is 0.933 bits per heavy atom. The summed E-state index contributed by atoms with van der Waals surface area (Å²) in [4.78, 5) is 13.2. The molecule has 3 aromatic carbocycles. The number of fused-ring (bicyclic) bond motifs is 1. The monoisotopic (exact) mass is 416 g/mol. The maximum absolute atomic E-state index is 11.8. The molecule has 0 bridgehead atoms. The van der Waals surface area contributed by atoms with E-state index in [1.807, 2.05) is 78.9 Å². The fraction of sp³-hybridized carbons (Fsp3) is 0.167. The molecule has 0 fully saturated rings. The first-order valence-corrected chi connectivity index (χ1v) is 11.5. The topological polar surface area (TPSA) is 64.3 Å². The van der Waals surface area contributed by atoms with E-state index < -0.39 is 15.0 Å². The van der Waals surface area contributed by atoms with Crippen molar-refractivity contribution >= 4 is 36.3 Å². The van der Waals surface area contributed by atoms with Crippen molar-refractivity contribution in [2.24, 2.45) is 0 Å². The maximum Gasteiger partial charge on any atom is 0.357 e. The van der Waals surface area contributed by atoms with Crippen molar-refractivity contribution in [1.29, 1.82) is 0 Å². The minimum absolute atomic E-state index is 0.000618. The summed E-state index contributed by atoms with van der Waals surface area (Å²) in [5, 5.41) is 16.8. The van der Waals surface area contributed by atoms with Crippen LogP contribution in [0.2, 0.25) is 0 Å². The van der Waals surface area contributed by atoms with Gasteiger partial charge in [0.1, 0.15) is 5.52 Å². The number of carboxylic acid groups (broad SMARTS) is 1. The number of benzene rings is 3. The first-order chi connectivity index (χ1) is 14.3. The van der Waals surface area contributed by atoms with Crippen LogP contribution in [0.15, 0.2) is 78.9 Å². The molecule has 1 N–H and O–H groups in total. The summed E-state index contributed by atoms with van der Waals surface area (Å²) in [6.07, 6.45) is 0. The number of carboxylic acids is 1. The van der Waals surface area contributed by atoms with Gasteiger partial charge in [-0.05, 0) is 33.5 Å². The predicted octanol–water partition coefficient (Wildman–Crippen LogP) is 3.00. The van der Waals surface area contributed by atoms with Crippen molar-refractivity contribution in [1.82, 2.24) is 9.94 Å². The summed E-state index contributed by atoms with van der Waals surface area (Å²) >= 11 is 0. The molecule has 30 heavy (non-hydrogen) atoms. The molecule has 5 nitrogen and oxygen atoms in total. The Kier molecular flexibility index (Phi) is 5.18. The van der Waals surface area contributed by atoms with Gasteiger partial charge in [-0.1, -0.05) is 87.5 Å². The van der Waals surface area contributed by atoms with Gasteiger partial charge in [0.05, 0.1) is 0 Å². The lowest BCUT2D eigenvalue weighted by atomic mass is 9.86. The smallest absolute Gasteiger partial charge is 0.357 e. The highest BCUT2D eigenvalue weighted by Gasteiger charge is 2.25. The van der Waals surface area contributed by atoms with Crippen molar-refractivity contribution in [3.8, 4) is 0 Å². The second-order valence-electron chi connectivity index (χ2n) is 8.32. The molecule has 0 amide bonds. The van der Waals surface area contributed by atoms with Crippen LogP contribution >= 0.6 is 0 Å². The van der Waals surface area contributed by atoms with Crippen molar-refractivity contribution in [3.63, 3.8) is 0 Å². The lowest BCUT2D eigenvalue weighted by molar-refractivity contribution is 0.0687. The van der Waals surface area contributed by atoms with Gasteiger partial charge in [0.15, 0.2) is 5.69 Å². The highest BCUT2D eigenvalue weighted by atomic mass is 28.3. The number of hydrogen-bond acceptors (Lipinski definition) is 3. The van der Waals surface area contributed by atoms with E-state index in [4.69, 9.17) is 4.53 Å². The molecule has 0 aliphatic heterocycles. The third-order valence-electron chi connectivity index (χ3n) is 5.13. The molecule has 4 rings (SSSR count). The molecular weight excluding hydrogens is 392 g/mol. The average molecular weight is 417 g/mol. The second kappa shape index (κ2) is 7.80. The molecule has 0 unspecified atom stereocenters. The average Bonchev–Trinajstić information content (AvgIpc) is 3.11. The third kappa shape index (κ3) is 3.86. The summed E-state index contributed by atoms with van der Waals surface area (Å²) in [6, 6.07) is 25.9. The van der Waals surface area contributed by atoms with E-state index in [-0.39, 0.29) is 11.1 Å². The minimum Gasteiger partial charge on any atom is -0.476 e. The molecule has 1 heterocycles. The molecule has 0 saturated carbocycles. The molecule has 1 aromatic heterocycles. The maximum atomic E-state index is 11.8. The van der Waals surface area contributed by atoms with Gasteiger partial charge in [-0.3, -0.25) is 0 Å². The van der Waals surface area contributed by atoms with Crippen LogP contribution in [-0.2, 0) is 5.41 Å². The van der Waals surface area contributed by atoms with Crippen LogP contribution in [0, 0.1) is 0 Å². The number of carbonyl (C=O) groups is 1. The van der Waals surface area contributed by atoms with E-state index in [0.717, 1.165) is 15.9 Å². The zero-order chi connectivity index (χ0) is 21.3.